The second-order valence-electron chi connectivity index (χ2n) is 11.3. The summed E-state index contributed by atoms with van der Waals surface area (Å²) in [7, 11) is 0. The van der Waals surface area contributed by atoms with Crippen LogP contribution in [-0.2, 0) is 23.9 Å². The normalized spacial score (nSPS) is 18.2. The Morgan fingerprint density at radius 3 is 2.45 bits per heavy atom. The van der Waals surface area contributed by atoms with Gasteiger partial charge in [0.25, 0.3) is 0 Å². The third-order valence-electron chi connectivity index (χ3n) is 8.28. The van der Waals surface area contributed by atoms with Crippen molar-refractivity contribution in [3.8, 4) is 11.3 Å². The number of piperazine rings is 1. The van der Waals surface area contributed by atoms with Gasteiger partial charge < -0.3 is 10.0 Å². The van der Waals surface area contributed by atoms with Gasteiger partial charge in [-0.2, -0.15) is 13.2 Å². The lowest BCUT2D eigenvalue weighted by molar-refractivity contribution is -0.138. The first-order chi connectivity index (χ1) is 20.9. The van der Waals surface area contributed by atoms with Crippen molar-refractivity contribution in [2.24, 2.45) is 0 Å². The maximum Gasteiger partial charge on any atom is 0.416 e. The molecule has 1 aromatic carbocycles. The number of ketones is 1. The van der Waals surface area contributed by atoms with E-state index in [0.29, 0.717) is 55.0 Å². The van der Waals surface area contributed by atoms with Crippen molar-refractivity contribution >= 4 is 28.9 Å². The number of nitrogens with zero attached hydrogens (tertiary/aromatic N) is 6. The van der Waals surface area contributed by atoms with Crippen molar-refractivity contribution < 1.29 is 32.3 Å². The Labute approximate surface area is 256 Å². The van der Waals surface area contributed by atoms with Gasteiger partial charge in [0, 0.05) is 55.8 Å². The monoisotopic (exact) mass is 634 g/mol. The molecular weight excluding hydrogens is 600 g/mol. The van der Waals surface area contributed by atoms with Crippen molar-refractivity contribution in [1.82, 2.24) is 24.8 Å². The number of benzene rings is 1. The fourth-order valence-corrected chi connectivity index (χ4v) is 6.76. The Balaban J connectivity index is 1.33. The van der Waals surface area contributed by atoms with Crippen molar-refractivity contribution in [2.45, 2.75) is 58.3 Å². The molecule has 2 fully saturated rings. The summed E-state index contributed by atoms with van der Waals surface area (Å²) in [5.41, 5.74) is -1.09. The van der Waals surface area contributed by atoms with Gasteiger partial charge in [0.15, 0.2) is 5.78 Å². The fraction of sp³-hybridized carbons (Fsp3) is 0.500. The van der Waals surface area contributed by atoms with Gasteiger partial charge >= 0.3 is 12.1 Å². The summed E-state index contributed by atoms with van der Waals surface area (Å²) in [5, 5.41) is 9.30. The average molecular weight is 635 g/mol. The van der Waals surface area contributed by atoms with E-state index in [1.165, 1.54) is 23.7 Å². The first kappa shape index (κ1) is 31.9. The van der Waals surface area contributed by atoms with E-state index in [0.717, 1.165) is 38.4 Å². The number of carboxylic acid groups (broad SMARTS) is 1. The maximum absolute atomic E-state index is 14.7. The Bertz CT molecular complexity index is 1510. The molecule has 2 aromatic heterocycles. The first-order valence-electron chi connectivity index (χ1n) is 14.5. The molecule has 0 amide bonds. The molecule has 1 atom stereocenters. The molecule has 44 heavy (non-hydrogen) atoms. The molecule has 2 aliphatic heterocycles. The predicted octanol–water partition coefficient (Wildman–Crippen LogP) is 5.07. The summed E-state index contributed by atoms with van der Waals surface area (Å²) in [6.07, 6.45) is 0.190. The molecule has 5 rings (SSSR count). The number of anilines is 1. The van der Waals surface area contributed by atoms with Gasteiger partial charge in [-0.15, -0.1) is 11.3 Å². The van der Waals surface area contributed by atoms with Crippen LogP contribution < -0.4 is 4.90 Å². The minimum atomic E-state index is -4.72. The third kappa shape index (κ3) is 7.41. The molecule has 3 aromatic rings. The summed E-state index contributed by atoms with van der Waals surface area (Å²) >= 11 is 1.25. The quantitative estimate of drug-likeness (QED) is 0.242. The van der Waals surface area contributed by atoms with E-state index in [1.807, 2.05) is 4.90 Å². The van der Waals surface area contributed by atoms with Crippen LogP contribution in [0.5, 0.6) is 0 Å². The first-order valence-corrected chi connectivity index (χ1v) is 15.4. The average Bonchev–Trinajstić information content (AvgIpc) is 3.58. The number of thiazole rings is 1. The number of aromatic nitrogens is 3. The molecule has 14 heteroatoms. The summed E-state index contributed by atoms with van der Waals surface area (Å²) in [4.78, 5) is 44.3. The topological polar surface area (TPSA) is 103 Å². The van der Waals surface area contributed by atoms with E-state index in [1.54, 1.807) is 0 Å². The Morgan fingerprint density at radius 1 is 1.09 bits per heavy atom. The van der Waals surface area contributed by atoms with Crippen LogP contribution in [0.2, 0.25) is 0 Å². The van der Waals surface area contributed by atoms with Gasteiger partial charge in [-0.25, -0.2) is 19.3 Å². The van der Waals surface area contributed by atoms with Crippen LogP contribution in [0.3, 0.4) is 0 Å². The highest BCUT2D eigenvalue weighted by atomic mass is 32.1. The lowest BCUT2D eigenvalue weighted by Crippen LogP contribution is -2.47. The molecule has 0 spiro atoms. The molecular formula is C30H34F4N6O3S. The zero-order chi connectivity index (χ0) is 31.6. The SMILES string of the molecule is Cc1c(F)cc(-c2nc(CC(=O)c3cnc(N4CCN(CCC(=O)O)CC4)cn3)sc2CN2CCC[C@H]2C)cc1C(F)(F)F. The van der Waals surface area contributed by atoms with Gasteiger partial charge in [-0.3, -0.25) is 19.4 Å². The number of alkyl halides is 3. The minimum absolute atomic E-state index is 0.0319. The van der Waals surface area contributed by atoms with Crippen LogP contribution in [0.1, 0.15) is 57.7 Å². The number of likely N-dealkylation sites (tertiary alicyclic amines) is 1. The number of aliphatic carboxylic acids is 1. The van der Waals surface area contributed by atoms with Gasteiger partial charge in [0.1, 0.15) is 22.3 Å². The van der Waals surface area contributed by atoms with Crippen LogP contribution in [-0.4, -0.2) is 86.9 Å². The molecule has 9 nitrogen and oxygen atoms in total. The number of rotatable bonds is 10. The number of hydrogen-bond donors (Lipinski definition) is 1. The second-order valence-corrected chi connectivity index (χ2v) is 12.5. The van der Waals surface area contributed by atoms with Crippen molar-refractivity contribution in [3.63, 3.8) is 0 Å². The number of carbonyl (C=O) groups is 2. The van der Waals surface area contributed by atoms with E-state index < -0.39 is 29.1 Å². The van der Waals surface area contributed by atoms with Gasteiger partial charge in [-0.1, -0.05) is 0 Å². The number of carbonyl (C=O) groups excluding carboxylic acids is 1. The predicted molar refractivity (Wildman–Crippen MR) is 157 cm³/mol. The highest BCUT2D eigenvalue weighted by Gasteiger charge is 2.35. The number of carboxylic acids is 1. The molecule has 0 radical (unpaired) electrons. The Hall–Kier alpha value is -3.49. The van der Waals surface area contributed by atoms with E-state index in [2.05, 4.69) is 31.7 Å². The molecule has 2 saturated heterocycles. The molecule has 236 valence electrons. The van der Waals surface area contributed by atoms with E-state index in [4.69, 9.17) is 5.11 Å². The highest BCUT2D eigenvalue weighted by Crippen LogP contribution is 2.38. The standard InChI is InChI=1S/C30H34F4N6O3S/c1-18-4-3-6-40(18)17-25-29(20-12-21(30(32,33)34)19(2)22(31)13-20)37-27(44-25)14-24(41)23-15-36-26(16-35-23)39-10-8-38(9-11-39)7-5-28(42)43/h12-13,15-16,18H,3-11,14,17H2,1-2H3,(H,42,43)/t18-/m1/s1. The van der Waals surface area contributed by atoms with E-state index in [-0.39, 0.29) is 41.6 Å². The minimum Gasteiger partial charge on any atom is -0.481 e. The third-order valence-corrected chi connectivity index (χ3v) is 9.32. The maximum atomic E-state index is 14.7. The lowest BCUT2D eigenvalue weighted by atomic mass is 10.0. The Kier molecular flexibility index (Phi) is 9.61. The summed E-state index contributed by atoms with van der Waals surface area (Å²) < 4.78 is 55.9. The van der Waals surface area contributed by atoms with Crippen LogP contribution >= 0.6 is 11.3 Å². The smallest absolute Gasteiger partial charge is 0.416 e. The largest absolute Gasteiger partial charge is 0.481 e. The van der Waals surface area contributed by atoms with E-state index in [9.17, 15) is 27.2 Å². The van der Waals surface area contributed by atoms with Crippen LogP contribution in [0, 0.1) is 12.7 Å². The highest BCUT2D eigenvalue weighted by molar-refractivity contribution is 7.12. The molecule has 1 N–H and O–H groups in total. The molecule has 0 unspecified atom stereocenters. The van der Waals surface area contributed by atoms with Gasteiger partial charge in [0.05, 0.1) is 36.5 Å². The second kappa shape index (κ2) is 13.2. The van der Waals surface area contributed by atoms with Crippen LogP contribution in [0.25, 0.3) is 11.3 Å². The number of halogens is 4. The zero-order valence-corrected chi connectivity index (χ0v) is 25.3. The van der Waals surface area contributed by atoms with Crippen molar-refractivity contribution in [3.05, 3.63) is 57.0 Å². The molecule has 0 bridgehead atoms. The van der Waals surface area contributed by atoms with Crippen LogP contribution in [0.4, 0.5) is 23.4 Å². The zero-order valence-electron chi connectivity index (χ0n) is 24.5. The lowest BCUT2D eigenvalue weighted by Gasteiger charge is -2.34. The number of hydrogen-bond acceptors (Lipinski definition) is 9. The molecule has 0 aliphatic carbocycles. The molecule has 2 aliphatic rings. The summed E-state index contributed by atoms with van der Waals surface area (Å²) in [5.74, 6) is -1.52. The Morgan fingerprint density at radius 2 is 1.84 bits per heavy atom. The van der Waals surface area contributed by atoms with Crippen molar-refractivity contribution in [2.75, 3.05) is 44.2 Å². The van der Waals surface area contributed by atoms with Gasteiger partial charge in [-0.05, 0) is 50.9 Å². The van der Waals surface area contributed by atoms with Crippen LogP contribution in [0.15, 0.2) is 24.5 Å². The fourth-order valence-electron chi connectivity index (χ4n) is 5.64. The molecule has 4 heterocycles. The van der Waals surface area contributed by atoms with E-state index >= 15 is 0 Å². The number of Topliss-reactive ketones (excluding diaryl/α,β-unsaturated/α-hetero) is 1. The van der Waals surface area contributed by atoms with Crippen molar-refractivity contribution in [1.29, 1.82) is 0 Å². The summed E-state index contributed by atoms with van der Waals surface area (Å²) in [6, 6.07) is 2.31. The van der Waals surface area contributed by atoms with Gasteiger partial charge in [0.2, 0.25) is 0 Å². The molecule has 0 saturated carbocycles. The summed E-state index contributed by atoms with van der Waals surface area (Å²) in [6.45, 7) is 7.64.